The Morgan fingerprint density at radius 1 is 1.75 bits per heavy atom. The molecule has 0 aliphatic rings. The summed E-state index contributed by atoms with van der Waals surface area (Å²) in [6, 6.07) is 0. The zero-order chi connectivity index (χ0) is 6.99. The van der Waals surface area contributed by atoms with Crippen molar-refractivity contribution in [3.8, 4) is 0 Å². The Bertz CT molecular complexity index is 100. The van der Waals surface area contributed by atoms with Gasteiger partial charge >= 0.3 is 40.5 Å². The molecule has 0 aliphatic heterocycles. The molecular weight excluding hydrogens is 230 g/mol. The Morgan fingerprint density at radius 3 is 1.88 bits per heavy atom. The van der Waals surface area contributed by atoms with Gasteiger partial charge < -0.3 is 10.8 Å². The van der Waals surface area contributed by atoms with Crippen molar-refractivity contribution in [2.45, 2.75) is 0 Å². The molecule has 0 aromatic heterocycles. The standard InChI is InChI=1S/C2H5NO2.Mo.2S/c3-1-2(4)5;;;/h1,3H2,(H,4,5);;;. The molecule has 0 aliphatic carbocycles. The van der Waals surface area contributed by atoms with E-state index in [0.717, 1.165) is 0 Å². The van der Waals surface area contributed by atoms with Crippen molar-refractivity contribution in [3.05, 3.63) is 0 Å². The molecule has 8 heavy (non-hydrogen) atoms. The number of carboxylic acid groups (broad SMARTS) is 1. The predicted octanol–water partition coefficient (Wildman–Crippen LogP) is 0.324. The average molecular weight is 235 g/mol. The molecule has 0 fully saturated rings. The van der Waals surface area contributed by atoms with Gasteiger partial charge in [0.1, 0.15) is 0 Å². The zero-order valence-electron chi connectivity index (χ0n) is 3.86. The van der Waals surface area contributed by atoms with E-state index in [1.165, 1.54) is 0 Å². The molecule has 0 heterocycles. The number of carbonyl (C=O) groups is 1. The Labute approximate surface area is 62.7 Å². The van der Waals surface area contributed by atoms with Crippen LogP contribution < -0.4 is 5.73 Å². The van der Waals surface area contributed by atoms with E-state index in [0.29, 0.717) is 0 Å². The van der Waals surface area contributed by atoms with Gasteiger partial charge in [-0.3, -0.25) is 4.79 Å². The minimum absolute atomic E-state index is 0.278. The number of nitrogens with two attached hydrogens (primary N) is 1. The second kappa shape index (κ2) is 10.5. The topological polar surface area (TPSA) is 63.3 Å². The quantitative estimate of drug-likeness (QED) is 0.641. The van der Waals surface area contributed by atoms with Crippen molar-refractivity contribution in [3.63, 3.8) is 0 Å². The van der Waals surface area contributed by atoms with Gasteiger partial charge in [-0.15, -0.1) is 0 Å². The molecule has 0 bridgehead atoms. The first-order chi connectivity index (χ1) is 3.68. The Kier molecular flexibility index (Phi) is 15.0. The molecule has 0 aromatic rings. The van der Waals surface area contributed by atoms with E-state index < -0.39 is 5.97 Å². The molecule has 0 atom stereocenters. The van der Waals surface area contributed by atoms with Gasteiger partial charge in [-0.05, 0) is 0 Å². The molecule has 3 nitrogen and oxygen atoms in total. The van der Waals surface area contributed by atoms with E-state index in [1.807, 2.05) is 0 Å². The second-order valence-corrected chi connectivity index (χ2v) is 4.22. The molecule has 48 valence electrons. The van der Waals surface area contributed by atoms with E-state index in [4.69, 9.17) is 5.11 Å². The Morgan fingerprint density at radius 2 is 1.88 bits per heavy atom. The zero-order valence-corrected chi connectivity index (χ0v) is 7.50. The molecular formula is C2H5MoNO2S2. The van der Waals surface area contributed by atoms with Crippen molar-refractivity contribution in [1.82, 2.24) is 0 Å². The summed E-state index contributed by atoms with van der Waals surface area (Å²) >= 11 is -0.363. The first-order valence-corrected chi connectivity index (χ1v) is 7.11. The SMILES string of the molecule is NCC(=O)O.[S]=[Mo]=[S]. The minimum atomic E-state index is -0.968. The maximum atomic E-state index is 9.24. The van der Waals surface area contributed by atoms with Gasteiger partial charge in [0.15, 0.2) is 0 Å². The van der Waals surface area contributed by atoms with E-state index in [1.54, 1.807) is 0 Å². The van der Waals surface area contributed by atoms with Crippen molar-refractivity contribution >= 4 is 25.6 Å². The molecule has 0 radical (unpaired) electrons. The molecule has 0 amide bonds. The third kappa shape index (κ3) is 31.0. The van der Waals surface area contributed by atoms with Crippen molar-refractivity contribution in [2.75, 3.05) is 6.54 Å². The van der Waals surface area contributed by atoms with Gasteiger partial charge in [0, 0.05) is 0 Å². The third-order valence-electron chi connectivity index (χ3n) is 0.175. The average Bonchev–Trinajstić information content (AvgIpc) is 1.69. The summed E-state index contributed by atoms with van der Waals surface area (Å²) in [6.07, 6.45) is 0. The fraction of sp³-hybridized carbons (Fsp3) is 0.500. The summed E-state index contributed by atoms with van der Waals surface area (Å²) < 4.78 is 0. The van der Waals surface area contributed by atoms with Crippen LogP contribution in [0.15, 0.2) is 0 Å². The van der Waals surface area contributed by atoms with E-state index in [9.17, 15) is 4.79 Å². The first-order valence-electron chi connectivity index (χ1n) is 1.52. The van der Waals surface area contributed by atoms with E-state index >= 15 is 0 Å². The van der Waals surface area contributed by atoms with Gasteiger partial charge in [-0.2, -0.15) is 0 Å². The maximum absolute atomic E-state index is 9.24. The van der Waals surface area contributed by atoms with Crippen molar-refractivity contribution < 1.29 is 24.8 Å². The fourth-order valence-electron chi connectivity index (χ4n) is 0. The summed E-state index contributed by atoms with van der Waals surface area (Å²) in [5.74, 6) is -0.968. The molecule has 0 spiro atoms. The molecule has 0 rings (SSSR count). The molecule has 0 aromatic carbocycles. The molecule has 0 saturated heterocycles. The summed E-state index contributed by atoms with van der Waals surface area (Å²) in [5.41, 5.74) is 4.57. The summed E-state index contributed by atoms with van der Waals surface area (Å²) in [6.45, 7) is -0.278. The summed E-state index contributed by atoms with van der Waals surface area (Å²) in [7, 11) is 8.68. The Hall–Kier alpha value is 0.558. The Balaban J connectivity index is 0. The molecule has 6 heteroatoms. The second-order valence-electron chi connectivity index (χ2n) is 0.666. The fourth-order valence-corrected chi connectivity index (χ4v) is 0. The third-order valence-corrected chi connectivity index (χ3v) is 0.175. The van der Waals surface area contributed by atoms with Crippen LogP contribution in [0.2, 0.25) is 0 Å². The van der Waals surface area contributed by atoms with Crippen LogP contribution in [0, 0.1) is 0 Å². The van der Waals surface area contributed by atoms with Gasteiger partial charge in [0.05, 0.1) is 6.54 Å². The molecule has 0 unspecified atom stereocenters. The number of carboxylic acids is 1. The van der Waals surface area contributed by atoms with Crippen LogP contribution in [0.5, 0.6) is 0 Å². The van der Waals surface area contributed by atoms with Crippen LogP contribution >= 0.6 is 19.6 Å². The van der Waals surface area contributed by atoms with Crippen molar-refractivity contribution in [2.24, 2.45) is 5.73 Å². The first kappa shape index (κ1) is 11.4. The van der Waals surface area contributed by atoms with E-state index in [-0.39, 0.29) is 21.5 Å². The van der Waals surface area contributed by atoms with E-state index in [2.05, 4.69) is 25.4 Å². The number of hydrogen-bond donors (Lipinski definition) is 2. The molecule has 3 N–H and O–H groups in total. The predicted molar refractivity (Wildman–Crippen MR) is 31.9 cm³/mol. The van der Waals surface area contributed by atoms with Gasteiger partial charge in [0.25, 0.3) is 0 Å². The number of hydrogen-bond acceptors (Lipinski definition) is 4. The van der Waals surface area contributed by atoms with Crippen molar-refractivity contribution in [1.29, 1.82) is 0 Å². The summed E-state index contributed by atoms with van der Waals surface area (Å²) in [4.78, 5) is 9.24. The van der Waals surface area contributed by atoms with Crippen LogP contribution in [0.3, 0.4) is 0 Å². The van der Waals surface area contributed by atoms with Gasteiger partial charge in [-0.25, -0.2) is 0 Å². The monoisotopic (exact) mass is 237 g/mol. The normalized spacial score (nSPS) is 6.12. The number of aliphatic carboxylic acids is 1. The van der Waals surface area contributed by atoms with Gasteiger partial charge in [0.2, 0.25) is 0 Å². The number of rotatable bonds is 1. The van der Waals surface area contributed by atoms with Crippen LogP contribution in [-0.4, -0.2) is 17.6 Å². The van der Waals surface area contributed by atoms with Crippen LogP contribution in [0.4, 0.5) is 0 Å². The molecule has 0 saturated carbocycles. The van der Waals surface area contributed by atoms with Gasteiger partial charge in [-0.1, -0.05) is 0 Å². The van der Waals surface area contributed by atoms with Crippen LogP contribution in [0.25, 0.3) is 0 Å². The van der Waals surface area contributed by atoms with Crippen LogP contribution in [0.1, 0.15) is 0 Å². The summed E-state index contributed by atoms with van der Waals surface area (Å²) in [5, 5.41) is 7.60. The van der Waals surface area contributed by atoms with Crippen LogP contribution in [-0.2, 0) is 19.7 Å².